The van der Waals surface area contributed by atoms with Crippen LogP contribution in [-0.4, -0.2) is 40.8 Å². The third-order valence-corrected chi connectivity index (χ3v) is 4.41. The van der Waals surface area contributed by atoms with Crippen molar-refractivity contribution in [1.82, 2.24) is 10.0 Å². The molecule has 5 nitrogen and oxygen atoms in total. The maximum absolute atomic E-state index is 12.2. The van der Waals surface area contributed by atoms with Crippen molar-refractivity contribution in [3.05, 3.63) is 29.3 Å². The normalized spacial score (nSPS) is 20.4. The molecule has 0 aromatic heterocycles. The standard InChI is InChI=1S/C13H20N2O3S/c1-10-5-11(2)7-13(6-10)19(16,17)15-9-12-8-14-3-4-18-12/h5-7,12,14-15H,3-4,8-9H2,1-2H3. The van der Waals surface area contributed by atoms with Gasteiger partial charge in [0.15, 0.2) is 0 Å². The van der Waals surface area contributed by atoms with Gasteiger partial charge < -0.3 is 10.1 Å². The second-order valence-electron chi connectivity index (χ2n) is 4.87. The summed E-state index contributed by atoms with van der Waals surface area (Å²) in [6.07, 6.45) is -0.102. The number of aryl methyl sites for hydroxylation is 2. The van der Waals surface area contributed by atoms with Gasteiger partial charge in [0.25, 0.3) is 0 Å². The highest BCUT2D eigenvalue weighted by molar-refractivity contribution is 7.89. The molecule has 0 bridgehead atoms. The monoisotopic (exact) mass is 284 g/mol. The predicted molar refractivity (Wildman–Crippen MR) is 73.7 cm³/mol. The summed E-state index contributed by atoms with van der Waals surface area (Å²) in [5, 5.41) is 3.17. The molecule has 6 heteroatoms. The second-order valence-corrected chi connectivity index (χ2v) is 6.64. The molecule has 0 aliphatic carbocycles. The van der Waals surface area contributed by atoms with Crippen molar-refractivity contribution >= 4 is 10.0 Å². The molecule has 0 saturated carbocycles. The predicted octanol–water partition coefficient (Wildman–Crippen LogP) is 0.570. The lowest BCUT2D eigenvalue weighted by Gasteiger charge is -2.23. The molecule has 1 fully saturated rings. The third kappa shape index (κ3) is 4.01. The smallest absolute Gasteiger partial charge is 0.240 e. The number of benzene rings is 1. The van der Waals surface area contributed by atoms with Gasteiger partial charge in [-0.05, 0) is 37.1 Å². The Labute approximate surface area is 114 Å². The van der Waals surface area contributed by atoms with Crippen LogP contribution < -0.4 is 10.0 Å². The number of rotatable bonds is 4. The summed E-state index contributed by atoms with van der Waals surface area (Å²) in [7, 11) is -3.46. The average molecular weight is 284 g/mol. The Morgan fingerprint density at radius 1 is 1.32 bits per heavy atom. The highest BCUT2D eigenvalue weighted by Gasteiger charge is 2.19. The molecule has 0 amide bonds. The average Bonchev–Trinajstić information content (AvgIpc) is 2.37. The first-order valence-electron chi connectivity index (χ1n) is 6.38. The number of nitrogens with one attached hydrogen (secondary N) is 2. The van der Waals surface area contributed by atoms with Crippen LogP contribution in [-0.2, 0) is 14.8 Å². The van der Waals surface area contributed by atoms with Crippen LogP contribution in [0, 0.1) is 13.8 Å². The second kappa shape index (κ2) is 6.00. The Hall–Kier alpha value is -0.950. The largest absolute Gasteiger partial charge is 0.374 e. The van der Waals surface area contributed by atoms with Gasteiger partial charge in [0.2, 0.25) is 10.0 Å². The molecule has 1 aliphatic rings. The maximum atomic E-state index is 12.2. The first-order chi connectivity index (χ1) is 8.97. The van der Waals surface area contributed by atoms with E-state index in [1.165, 1.54) is 0 Å². The van der Waals surface area contributed by atoms with Crippen molar-refractivity contribution < 1.29 is 13.2 Å². The minimum atomic E-state index is -3.46. The van der Waals surface area contributed by atoms with E-state index in [-0.39, 0.29) is 6.10 Å². The summed E-state index contributed by atoms with van der Waals surface area (Å²) in [4.78, 5) is 0.314. The van der Waals surface area contributed by atoms with E-state index in [1.54, 1.807) is 12.1 Å². The summed E-state index contributed by atoms with van der Waals surface area (Å²) in [5.74, 6) is 0. The lowest BCUT2D eigenvalue weighted by atomic mass is 10.2. The number of ether oxygens (including phenoxy) is 1. The van der Waals surface area contributed by atoms with Crippen molar-refractivity contribution in [2.45, 2.75) is 24.8 Å². The van der Waals surface area contributed by atoms with Gasteiger partial charge in [-0.2, -0.15) is 0 Å². The topological polar surface area (TPSA) is 67.4 Å². The summed E-state index contributed by atoms with van der Waals surface area (Å²) in [6, 6.07) is 5.30. The van der Waals surface area contributed by atoms with Crippen LogP contribution in [0.3, 0.4) is 0 Å². The minimum absolute atomic E-state index is 0.102. The number of sulfonamides is 1. The van der Waals surface area contributed by atoms with E-state index in [0.29, 0.717) is 24.6 Å². The summed E-state index contributed by atoms with van der Waals surface area (Å²) < 4.78 is 32.5. The molecule has 2 N–H and O–H groups in total. The van der Waals surface area contributed by atoms with Crippen molar-refractivity contribution in [1.29, 1.82) is 0 Å². The summed E-state index contributed by atoms with van der Waals surface area (Å²) in [6.45, 7) is 6.19. The highest BCUT2D eigenvalue weighted by Crippen LogP contribution is 2.14. The minimum Gasteiger partial charge on any atom is -0.374 e. The van der Waals surface area contributed by atoms with Gasteiger partial charge in [0.1, 0.15) is 0 Å². The molecule has 0 radical (unpaired) electrons. The Kier molecular flexibility index (Phi) is 4.57. The molecule has 1 heterocycles. The molecule has 106 valence electrons. The first-order valence-corrected chi connectivity index (χ1v) is 7.86. The quantitative estimate of drug-likeness (QED) is 0.848. The maximum Gasteiger partial charge on any atom is 0.240 e. The van der Waals surface area contributed by atoms with Crippen LogP contribution in [0.4, 0.5) is 0 Å². The van der Waals surface area contributed by atoms with E-state index in [9.17, 15) is 8.42 Å². The SMILES string of the molecule is Cc1cc(C)cc(S(=O)(=O)NCC2CNCCO2)c1. The number of hydrogen-bond donors (Lipinski definition) is 2. The fraction of sp³-hybridized carbons (Fsp3) is 0.538. The van der Waals surface area contributed by atoms with Gasteiger partial charge in [-0.25, -0.2) is 13.1 Å². The molecule has 1 atom stereocenters. The molecule has 1 aromatic rings. The summed E-state index contributed by atoms with van der Waals surface area (Å²) >= 11 is 0. The van der Waals surface area contributed by atoms with Gasteiger partial charge in [0, 0.05) is 19.6 Å². The molecule has 1 unspecified atom stereocenters. The van der Waals surface area contributed by atoms with E-state index >= 15 is 0 Å². The lowest BCUT2D eigenvalue weighted by molar-refractivity contribution is 0.0324. The van der Waals surface area contributed by atoms with Crippen LogP contribution in [0.1, 0.15) is 11.1 Å². The van der Waals surface area contributed by atoms with Crippen molar-refractivity contribution in [2.75, 3.05) is 26.2 Å². The lowest BCUT2D eigenvalue weighted by Crippen LogP contribution is -2.45. The van der Waals surface area contributed by atoms with Gasteiger partial charge in [-0.15, -0.1) is 0 Å². The molecule has 1 aliphatic heterocycles. The van der Waals surface area contributed by atoms with Crippen LogP contribution >= 0.6 is 0 Å². The zero-order chi connectivity index (χ0) is 13.9. The van der Waals surface area contributed by atoms with Crippen LogP contribution in [0.15, 0.2) is 23.1 Å². The molecule has 0 spiro atoms. The Balaban J connectivity index is 2.04. The van der Waals surface area contributed by atoms with Crippen LogP contribution in [0.5, 0.6) is 0 Å². The summed E-state index contributed by atoms with van der Waals surface area (Å²) in [5.41, 5.74) is 1.88. The molecule has 19 heavy (non-hydrogen) atoms. The van der Waals surface area contributed by atoms with Crippen LogP contribution in [0.25, 0.3) is 0 Å². The third-order valence-electron chi connectivity index (χ3n) is 3.01. The zero-order valence-electron chi connectivity index (χ0n) is 11.3. The highest BCUT2D eigenvalue weighted by atomic mass is 32.2. The van der Waals surface area contributed by atoms with E-state index in [1.807, 2.05) is 19.9 Å². The van der Waals surface area contributed by atoms with Gasteiger partial charge in [-0.1, -0.05) is 6.07 Å². The van der Waals surface area contributed by atoms with E-state index < -0.39 is 10.0 Å². The fourth-order valence-electron chi connectivity index (χ4n) is 2.12. The number of hydrogen-bond acceptors (Lipinski definition) is 4. The van der Waals surface area contributed by atoms with Crippen molar-refractivity contribution in [3.8, 4) is 0 Å². The van der Waals surface area contributed by atoms with Gasteiger partial charge >= 0.3 is 0 Å². The molecular formula is C13H20N2O3S. The van der Waals surface area contributed by atoms with Crippen molar-refractivity contribution in [3.63, 3.8) is 0 Å². The van der Waals surface area contributed by atoms with Gasteiger partial charge in [-0.3, -0.25) is 0 Å². The fourth-order valence-corrected chi connectivity index (χ4v) is 3.38. The molecule has 2 rings (SSSR count). The van der Waals surface area contributed by atoms with E-state index in [0.717, 1.165) is 17.7 Å². The molecular weight excluding hydrogens is 264 g/mol. The van der Waals surface area contributed by atoms with E-state index in [2.05, 4.69) is 10.0 Å². The van der Waals surface area contributed by atoms with Gasteiger partial charge in [0.05, 0.1) is 17.6 Å². The Morgan fingerprint density at radius 2 is 2.00 bits per heavy atom. The Bertz CT molecular complexity index is 517. The molecule has 1 aromatic carbocycles. The number of morpholine rings is 1. The van der Waals surface area contributed by atoms with Crippen molar-refractivity contribution in [2.24, 2.45) is 0 Å². The first kappa shape index (κ1) is 14.5. The van der Waals surface area contributed by atoms with Crippen LogP contribution in [0.2, 0.25) is 0 Å². The molecule has 1 saturated heterocycles. The Morgan fingerprint density at radius 3 is 2.58 bits per heavy atom. The van der Waals surface area contributed by atoms with E-state index in [4.69, 9.17) is 4.74 Å². The zero-order valence-corrected chi connectivity index (χ0v) is 12.1.